The standard InChI is InChI=1S/C17H25N3O/c1-10-7-14-12(3)9-17(5,6)20(13(4)16(21)19-18)15(14)8-11(10)2/h7-9,13H,18H2,1-6H3,(H,19,21). The summed E-state index contributed by atoms with van der Waals surface area (Å²) in [5.74, 6) is 5.15. The minimum absolute atomic E-state index is 0.180. The van der Waals surface area contributed by atoms with Gasteiger partial charge < -0.3 is 4.90 Å². The molecule has 1 unspecified atom stereocenters. The number of nitrogens with zero attached hydrogens (tertiary/aromatic N) is 1. The fourth-order valence-electron chi connectivity index (χ4n) is 3.25. The third kappa shape index (κ3) is 2.56. The van der Waals surface area contributed by atoms with Crippen LogP contribution in [0.1, 0.15) is 44.4 Å². The highest BCUT2D eigenvalue weighted by atomic mass is 16.2. The average Bonchev–Trinajstić information content (AvgIpc) is 2.39. The van der Waals surface area contributed by atoms with Gasteiger partial charge in [0.05, 0.1) is 5.54 Å². The molecule has 1 aromatic rings. The van der Waals surface area contributed by atoms with Crippen molar-refractivity contribution in [2.45, 2.75) is 53.1 Å². The van der Waals surface area contributed by atoms with Crippen LogP contribution in [0.5, 0.6) is 0 Å². The zero-order valence-corrected chi connectivity index (χ0v) is 13.7. The molecule has 1 amide bonds. The van der Waals surface area contributed by atoms with Gasteiger partial charge in [-0.15, -0.1) is 0 Å². The Labute approximate surface area is 127 Å². The number of carbonyl (C=O) groups excluding carboxylic acids is 1. The molecule has 21 heavy (non-hydrogen) atoms. The summed E-state index contributed by atoms with van der Waals surface area (Å²) in [7, 11) is 0. The lowest BCUT2D eigenvalue weighted by Gasteiger charge is -2.46. The summed E-state index contributed by atoms with van der Waals surface area (Å²) in [6.07, 6.45) is 2.21. The molecule has 1 atom stereocenters. The van der Waals surface area contributed by atoms with E-state index in [1.54, 1.807) is 0 Å². The average molecular weight is 287 g/mol. The van der Waals surface area contributed by atoms with Gasteiger partial charge >= 0.3 is 0 Å². The molecule has 1 heterocycles. The maximum atomic E-state index is 12.0. The molecule has 0 saturated carbocycles. The fourth-order valence-corrected chi connectivity index (χ4v) is 3.25. The topological polar surface area (TPSA) is 58.4 Å². The van der Waals surface area contributed by atoms with Gasteiger partial charge in [-0.3, -0.25) is 10.2 Å². The summed E-state index contributed by atoms with van der Waals surface area (Å²) in [4.78, 5) is 14.2. The first-order valence-electron chi connectivity index (χ1n) is 7.30. The van der Waals surface area contributed by atoms with Gasteiger partial charge in [0, 0.05) is 11.3 Å². The van der Waals surface area contributed by atoms with E-state index in [2.05, 4.69) is 63.2 Å². The molecule has 2 rings (SSSR count). The van der Waals surface area contributed by atoms with E-state index in [4.69, 9.17) is 5.84 Å². The number of anilines is 1. The van der Waals surface area contributed by atoms with Crippen LogP contribution in [-0.4, -0.2) is 17.5 Å². The molecule has 0 saturated heterocycles. The number of hydrazine groups is 1. The lowest BCUT2D eigenvalue weighted by molar-refractivity contribution is -0.122. The predicted octanol–water partition coefficient (Wildman–Crippen LogP) is 2.68. The molecule has 0 aliphatic carbocycles. The van der Waals surface area contributed by atoms with Gasteiger partial charge in [-0.2, -0.15) is 0 Å². The van der Waals surface area contributed by atoms with Crippen LogP contribution in [-0.2, 0) is 4.79 Å². The third-order valence-corrected chi connectivity index (χ3v) is 4.40. The van der Waals surface area contributed by atoms with E-state index in [0.29, 0.717) is 0 Å². The Morgan fingerprint density at radius 2 is 1.81 bits per heavy atom. The van der Waals surface area contributed by atoms with Crippen molar-refractivity contribution in [2.75, 3.05) is 4.90 Å². The van der Waals surface area contributed by atoms with Gasteiger partial charge in [0.15, 0.2) is 0 Å². The number of rotatable bonds is 2. The van der Waals surface area contributed by atoms with Gasteiger partial charge in [-0.1, -0.05) is 6.08 Å². The van der Waals surface area contributed by atoms with Gasteiger partial charge in [-0.05, 0) is 70.4 Å². The molecule has 4 heteroatoms. The largest absolute Gasteiger partial charge is 0.351 e. The Kier molecular flexibility index (Phi) is 3.85. The number of nitrogens with one attached hydrogen (secondary N) is 1. The molecule has 114 valence electrons. The van der Waals surface area contributed by atoms with Crippen molar-refractivity contribution in [3.05, 3.63) is 34.9 Å². The highest BCUT2D eigenvalue weighted by molar-refractivity contribution is 5.89. The second-order valence-electron chi connectivity index (χ2n) is 6.49. The van der Waals surface area contributed by atoms with Crippen molar-refractivity contribution < 1.29 is 4.79 Å². The Bertz CT molecular complexity index is 617. The molecule has 0 aromatic heterocycles. The number of amides is 1. The molecule has 1 aliphatic rings. The maximum absolute atomic E-state index is 12.0. The molecule has 0 fully saturated rings. The fraction of sp³-hybridized carbons (Fsp3) is 0.471. The van der Waals surface area contributed by atoms with Crippen LogP contribution in [0.15, 0.2) is 18.2 Å². The summed E-state index contributed by atoms with van der Waals surface area (Å²) in [6.45, 7) is 12.5. The number of nitrogens with two attached hydrogens (primary N) is 1. The van der Waals surface area contributed by atoms with Crippen LogP contribution in [0.25, 0.3) is 5.57 Å². The number of allylic oxidation sites excluding steroid dienone is 1. The molecular formula is C17H25N3O. The Hall–Kier alpha value is -1.81. The lowest BCUT2D eigenvalue weighted by Crippen LogP contribution is -2.56. The monoisotopic (exact) mass is 287 g/mol. The zero-order chi connectivity index (χ0) is 15.9. The molecule has 0 bridgehead atoms. The Morgan fingerprint density at radius 1 is 1.24 bits per heavy atom. The van der Waals surface area contributed by atoms with Gasteiger partial charge in [0.1, 0.15) is 6.04 Å². The first-order valence-corrected chi connectivity index (χ1v) is 7.30. The Morgan fingerprint density at radius 3 is 2.38 bits per heavy atom. The van der Waals surface area contributed by atoms with Gasteiger partial charge in [0.25, 0.3) is 5.91 Å². The lowest BCUT2D eigenvalue weighted by atomic mass is 9.86. The van der Waals surface area contributed by atoms with Gasteiger partial charge in [0.2, 0.25) is 0 Å². The molecule has 4 nitrogen and oxygen atoms in total. The second kappa shape index (κ2) is 5.19. The quantitative estimate of drug-likeness (QED) is 0.499. The minimum atomic E-state index is -0.338. The van der Waals surface area contributed by atoms with Crippen molar-refractivity contribution in [2.24, 2.45) is 5.84 Å². The first-order chi connectivity index (χ1) is 9.69. The van der Waals surface area contributed by atoms with E-state index >= 15 is 0 Å². The zero-order valence-electron chi connectivity index (χ0n) is 13.7. The van der Waals surface area contributed by atoms with Crippen LogP contribution in [0.4, 0.5) is 5.69 Å². The van der Waals surface area contributed by atoms with Crippen LogP contribution in [0.3, 0.4) is 0 Å². The normalized spacial score (nSPS) is 17.9. The van der Waals surface area contributed by atoms with Crippen molar-refractivity contribution in [1.82, 2.24) is 5.43 Å². The highest BCUT2D eigenvalue weighted by Crippen LogP contribution is 2.41. The summed E-state index contributed by atoms with van der Waals surface area (Å²) >= 11 is 0. The third-order valence-electron chi connectivity index (χ3n) is 4.40. The van der Waals surface area contributed by atoms with E-state index < -0.39 is 0 Å². The molecule has 0 spiro atoms. The Balaban J connectivity index is 2.66. The summed E-state index contributed by atoms with van der Waals surface area (Å²) in [6, 6.07) is 4.03. The number of benzene rings is 1. The second-order valence-corrected chi connectivity index (χ2v) is 6.49. The summed E-state index contributed by atoms with van der Waals surface area (Å²) < 4.78 is 0. The smallest absolute Gasteiger partial charge is 0.256 e. The summed E-state index contributed by atoms with van der Waals surface area (Å²) in [5.41, 5.74) is 8.04. The van der Waals surface area contributed by atoms with E-state index in [0.717, 1.165) is 5.69 Å². The molecular weight excluding hydrogens is 262 g/mol. The van der Waals surface area contributed by atoms with Gasteiger partial charge in [-0.25, -0.2) is 5.84 Å². The van der Waals surface area contributed by atoms with Crippen molar-refractivity contribution in [3.63, 3.8) is 0 Å². The van der Waals surface area contributed by atoms with Crippen molar-refractivity contribution >= 4 is 17.2 Å². The maximum Gasteiger partial charge on any atom is 0.256 e. The van der Waals surface area contributed by atoms with Crippen LogP contribution in [0, 0.1) is 13.8 Å². The van der Waals surface area contributed by atoms with Crippen molar-refractivity contribution in [3.8, 4) is 0 Å². The van der Waals surface area contributed by atoms with Crippen LogP contribution in [0.2, 0.25) is 0 Å². The highest BCUT2D eigenvalue weighted by Gasteiger charge is 2.37. The number of hydrogen-bond acceptors (Lipinski definition) is 3. The van der Waals surface area contributed by atoms with E-state index in [9.17, 15) is 4.79 Å². The molecule has 3 N–H and O–H groups in total. The van der Waals surface area contributed by atoms with E-state index in [1.807, 2.05) is 6.92 Å². The number of aryl methyl sites for hydroxylation is 2. The number of carbonyl (C=O) groups is 1. The van der Waals surface area contributed by atoms with Crippen LogP contribution >= 0.6 is 0 Å². The molecule has 0 radical (unpaired) electrons. The number of fused-ring (bicyclic) bond motifs is 1. The minimum Gasteiger partial charge on any atom is -0.351 e. The molecule has 1 aliphatic heterocycles. The predicted molar refractivity (Wildman–Crippen MR) is 87.9 cm³/mol. The SMILES string of the molecule is CC1=CC(C)(C)N(C(C)C(=O)NN)c2cc(C)c(C)cc21. The van der Waals surface area contributed by atoms with Crippen molar-refractivity contribution in [1.29, 1.82) is 0 Å². The van der Waals surface area contributed by atoms with Crippen LogP contribution < -0.4 is 16.2 Å². The van der Waals surface area contributed by atoms with E-state index in [-0.39, 0.29) is 17.5 Å². The molecule has 1 aromatic carbocycles. The summed E-state index contributed by atoms with van der Waals surface area (Å²) in [5, 5.41) is 0. The van der Waals surface area contributed by atoms with E-state index in [1.165, 1.54) is 22.3 Å². The number of hydrogen-bond donors (Lipinski definition) is 2. The first kappa shape index (κ1) is 15.6.